The summed E-state index contributed by atoms with van der Waals surface area (Å²) in [4.78, 5) is 36.4. The van der Waals surface area contributed by atoms with Crippen molar-refractivity contribution in [2.45, 2.75) is 13.0 Å². The number of nitrogens with zero attached hydrogens (tertiary/aromatic N) is 3. The summed E-state index contributed by atoms with van der Waals surface area (Å²) in [5, 5.41) is 2.95. The van der Waals surface area contributed by atoms with Crippen molar-refractivity contribution in [1.82, 2.24) is 9.55 Å². The average molecular weight is 483 g/mol. The molecule has 7 nitrogen and oxygen atoms in total. The van der Waals surface area contributed by atoms with Crippen LogP contribution in [0, 0.1) is 0 Å². The van der Waals surface area contributed by atoms with E-state index in [-0.39, 0.29) is 11.5 Å². The highest BCUT2D eigenvalue weighted by atomic mass is 32.1. The number of anilines is 1. The Kier molecular flexibility index (Phi) is 6.12. The summed E-state index contributed by atoms with van der Waals surface area (Å²) in [5.74, 6) is 0.386. The van der Waals surface area contributed by atoms with Crippen LogP contribution in [0.4, 0.5) is 5.69 Å². The van der Waals surface area contributed by atoms with Crippen molar-refractivity contribution in [3.05, 3.63) is 121 Å². The summed E-state index contributed by atoms with van der Waals surface area (Å²) < 4.78 is 7.45. The summed E-state index contributed by atoms with van der Waals surface area (Å²) in [6.07, 6.45) is 5.18. The highest BCUT2D eigenvalue weighted by Gasteiger charge is 2.32. The molecule has 3 heterocycles. The third-order valence-corrected chi connectivity index (χ3v) is 6.72. The van der Waals surface area contributed by atoms with E-state index in [0.717, 1.165) is 11.1 Å². The first-order chi connectivity index (χ1) is 17.0. The second-order valence-electron chi connectivity index (χ2n) is 7.96. The van der Waals surface area contributed by atoms with Crippen LogP contribution in [-0.4, -0.2) is 22.6 Å². The lowest BCUT2D eigenvalue weighted by atomic mass is 9.95. The molecule has 1 atom stereocenters. The maximum atomic E-state index is 13.6. The number of hydrogen-bond donors (Lipinski definition) is 1. The predicted molar refractivity (Wildman–Crippen MR) is 136 cm³/mol. The third kappa shape index (κ3) is 4.43. The molecule has 2 aromatic carbocycles. The fourth-order valence-electron chi connectivity index (χ4n) is 4.04. The molecule has 2 aromatic heterocycles. The second kappa shape index (κ2) is 9.52. The van der Waals surface area contributed by atoms with Gasteiger partial charge in [0.2, 0.25) is 0 Å². The normalized spacial score (nSPS) is 15.4. The standard InChI is InChI=1S/C27H22N4O3S/c1-17-23(25(32)30-20-6-4-3-5-7-20)24(19-8-10-21(34-2)11-9-19)31-26(33)22(35-27(31)29-17)16-18-12-14-28-15-13-18/h3-16,24H,1-2H3,(H,30,32)/b22-16+. The van der Waals surface area contributed by atoms with Crippen molar-refractivity contribution in [2.24, 2.45) is 4.99 Å². The van der Waals surface area contributed by atoms with Crippen LogP contribution in [-0.2, 0) is 4.79 Å². The molecule has 0 bridgehead atoms. The maximum absolute atomic E-state index is 13.6. The zero-order chi connectivity index (χ0) is 24.4. The molecule has 1 unspecified atom stereocenters. The number of fused-ring (bicyclic) bond motifs is 1. The first kappa shape index (κ1) is 22.5. The molecule has 1 N–H and O–H groups in total. The van der Waals surface area contributed by atoms with Crippen molar-refractivity contribution in [3.63, 3.8) is 0 Å². The number of aromatic nitrogens is 2. The summed E-state index contributed by atoms with van der Waals surface area (Å²) in [5.41, 5.74) is 3.10. The van der Waals surface area contributed by atoms with Gasteiger partial charge in [0, 0.05) is 18.1 Å². The monoisotopic (exact) mass is 482 g/mol. The minimum Gasteiger partial charge on any atom is -0.497 e. The summed E-state index contributed by atoms with van der Waals surface area (Å²) in [7, 11) is 1.60. The van der Waals surface area contributed by atoms with Crippen LogP contribution < -0.4 is 24.9 Å². The Hall–Kier alpha value is -4.30. The number of methoxy groups -OCH3 is 1. The third-order valence-electron chi connectivity index (χ3n) is 5.73. The van der Waals surface area contributed by atoms with E-state index in [1.165, 1.54) is 11.3 Å². The van der Waals surface area contributed by atoms with Gasteiger partial charge in [0.15, 0.2) is 4.80 Å². The Morgan fingerprint density at radius 2 is 1.77 bits per heavy atom. The molecule has 0 spiro atoms. The van der Waals surface area contributed by atoms with Crippen LogP contribution in [0.3, 0.4) is 0 Å². The van der Waals surface area contributed by atoms with E-state index in [2.05, 4.69) is 15.3 Å². The largest absolute Gasteiger partial charge is 0.497 e. The molecule has 0 radical (unpaired) electrons. The van der Waals surface area contributed by atoms with Gasteiger partial charge in [-0.1, -0.05) is 41.7 Å². The van der Waals surface area contributed by atoms with Gasteiger partial charge < -0.3 is 10.1 Å². The molecule has 0 saturated heterocycles. The van der Waals surface area contributed by atoms with Gasteiger partial charge in [-0.3, -0.25) is 19.1 Å². The van der Waals surface area contributed by atoms with E-state index in [0.29, 0.717) is 32.0 Å². The number of allylic oxidation sites excluding steroid dienone is 1. The van der Waals surface area contributed by atoms with Crippen LogP contribution >= 0.6 is 11.3 Å². The van der Waals surface area contributed by atoms with Crippen molar-refractivity contribution in [1.29, 1.82) is 0 Å². The molecular formula is C27H22N4O3S. The first-order valence-electron chi connectivity index (χ1n) is 11.0. The smallest absolute Gasteiger partial charge is 0.271 e. The van der Waals surface area contributed by atoms with E-state index in [1.54, 1.807) is 31.0 Å². The van der Waals surface area contributed by atoms with E-state index in [9.17, 15) is 9.59 Å². The number of benzene rings is 2. The van der Waals surface area contributed by atoms with Gasteiger partial charge in [-0.25, -0.2) is 4.99 Å². The van der Waals surface area contributed by atoms with Gasteiger partial charge in [-0.15, -0.1) is 0 Å². The molecule has 1 aliphatic rings. The lowest BCUT2D eigenvalue weighted by Crippen LogP contribution is -2.40. The number of carbonyl (C=O) groups is 1. The molecule has 1 aliphatic heterocycles. The molecule has 174 valence electrons. The Balaban J connectivity index is 1.67. The number of rotatable bonds is 5. The van der Waals surface area contributed by atoms with Gasteiger partial charge in [0.05, 0.1) is 29.0 Å². The molecule has 0 fully saturated rings. The zero-order valence-corrected chi connectivity index (χ0v) is 20.0. The summed E-state index contributed by atoms with van der Waals surface area (Å²) >= 11 is 1.30. The molecular weight excluding hydrogens is 460 g/mol. The van der Waals surface area contributed by atoms with Gasteiger partial charge in [0.25, 0.3) is 11.5 Å². The molecule has 1 amide bonds. The highest BCUT2D eigenvalue weighted by Crippen LogP contribution is 2.31. The Bertz CT molecular complexity index is 1590. The zero-order valence-electron chi connectivity index (χ0n) is 19.1. The van der Waals surface area contributed by atoms with Crippen molar-refractivity contribution >= 4 is 29.0 Å². The predicted octanol–water partition coefficient (Wildman–Crippen LogP) is 3.28. The van der Waals surface area contributed by atoms with Crippen molar-refractivity contribution in [2.75, 3.05) is 12.4 Å². The van der Waals surface area contributed by atoms with Crippen LogP contribution in [0.25, 0.3) is 6.08 Å². The van der Waals surface area contributed by atoms with Crippen LogP contribution in [0.5, 0.6) is 5.75 Å². The highest BCUT2D eigenvalue weighted by molar-refractivity contribution is 7.07. The molecule has 8 heteroatoms. The number of carbonyl (C=O) groups excluding carboxylic acids is 1. The first-order valence-corrected chi connectivity index (χ1v) is 11.8. The fraction of sp³-hybridized carbons (Fsp3) is 0.111. The molecule has 35 heavy (non-hydrogen) atoms. The second-order valence-corrected chi connectivity index (χ2v) is 8.96. The Morgan fingerprint density at radius 1 is 1.06 bits per heavy atom. The minimum absolute atomic E-state index is 0.205. The maximum Gasteiger partial charge on any atom is 0.271 e. The van der Waals surface area contributed by atoms with E-state index in [4.69, 9.17) is 4.74 Å². The van der Waals surface area contributed by atoms with Crippen LogP contribution in [0.1, 0.15) is 24.1 Å². The van der Waals surface area contributed by atoms with Gasteiger partial charge >= 0.3 is 0 Å². The topological polar surface area (TPSA) is 85.6 Å². The van der Waals surface area contributed by atoms with Crippen molar-refractivity contribution in [3.8, 4) is 5.75 Å². The van der Waals surface area contributed by atoms with Gasteiger partial charge in [0.1, 0.15) is 5.75 Å². The minimum atomic E-state index is -0.638. The number of thiazole rings is 1. The van der Waals surface area contributed by atoms with Crippen LogP contribution in [0.15, 0.2) is 100 Å². The number of nitrogens with one attached hydrogen (secondary N) is 1. The number of pyridine rings is 1. The lowest BCUT2D eigenvalue weighted by molar-refractivity contribution is -0.113. The number of ether oxygens (including phenoxy) is 1. The lowest BCUT2D eigenvalue weighted by Gasteiger charge is -2.25. The number of amides is 1. The van der Waals surface area contributed by atoms with E-state index in [1.807, 2.05) is 72.8 Å². The van der Waals surface area contributed by atoms with E-state index < -0.39 is 6.04 Å². The van der Waals surface area contributed by atoms with E-state index >= 15 is 0 Å². The van der Waals surface area contributed by atoms with Crippen LogP contribution in [0.2, 0.25) is 0 Å². The fourth-order valence-corrected chi connectivity index (χ4v) is 5.09. The summed E-state index contributed by atoms with van der Waals surface area (Å²) in [6, 6.07) is 19.7. The number of para-hydroxylation sites is 1. The van der Waals surface area contributed by atoms with Crippen molar-refractivity contribution < 1.29 is 9.53 Å². The number of hydrogen-bond acceptors (Lipinski definition) is 6. The summed E-state index contributed by atoms with van der Waals surface area (Å²) in [6.45, 7) is 1.80. The molecule has 5 rings (SSSR count). The SMILES string of the molecule is COc1ccc(C2C(C(=O)Nc3ccccc3)=C(C)N=c3s/c(=C/c4ccncc4)c(=O)n32)cc1. The van der Waals surface area contributed by atoms with Gasteiger partial charge in [-0.2, -0.15) is 0 Å². The molecule has 0 saturated carbocycles. The molecule has 4 aromatic rings. The van der Waals surface area contributed by atoms with Gasteiger partial charge in [-0.05, 0) is 60.5 Å². The average Bonchev–Trinajstić information content (AvgIpc) is 3.18. The quantitative estimate of drug-likeness (QED) is 0.473. The Morgan fingerprint density at radius 3 is 2.46 bits per heavy atom. The molecule has 0 aliphatic carbocycles. The Labute approximate surface area is 205 Å².